The Hall–Kier alpha value is 0.0700. The quantitative estimate of drug-likeness (QED) is 0.528. The highest BCUT2D eigenvalue weighted by molar-refractivity contribution is 8.14. The van der Waals surface area contributed by atoms with Crippen molar-refractivity contribution in [2.45, 2.75) is 6.92 Å². The Labute approximate surface area is 81.8 Å². The molecule has 0 aromatic rings. The molecule has 0 saturated carbocycles. The van der Waals surface area contributed by atoms with Gasteiger partial charge in [0.25, 0.3) is 0 Å². The Bertz CT molecular complexity index is 157. The van der Waals surface area contributed by atoms with Crippen LogP contribution in [0.1, 0.15) is 6.92 Å². The molecule has 0 heterocycles. The Kier molecular flexibility index (Phi) is 7.75. The number of carbonyl (C=O) groups excluding carboxylic acids is 1. The van der Waals surface area contributed by atoms with E-state index >= 15 is 0 Å². The molecule has 0 unspecified atom stereocenters. The second-order valence-corrected chi connectivity index (χ2v) is 4.54. The van der Waals surface area contributed by atoms with Crippen molar-refractivity contribution in [2.75, 3.05) is 23.9 Å². The first-order chi connectivity index (χ1) is 5.68. The normalized spacial score (nSPS) is 9.83. The minimum Gasteiger partial charge on any atom is -0.396 e. The summed E-state index contributed by atoms with van der Waals surface area (Å²) in [6, 6.07) is 0. The summed E-state index contributed by atoms with van der Waals surface area (Å²) >= 11 is 2.95. The second-order valence-electron chi connectivity index (χ2n) is 2.25. The van der Waals surface area contributed by atoms with Gasteiger partial charge in [-0.2, -0.15) is 11.8 Å². The van der Waals surface area contributed by atoms with Gasteiger partial charge < -0.3 is 5.11 Å². The van der Waals surface area contributed by atoms with E-state index in [9.17, 15) is 4.79 Å². The van der Waals surface area contributed by atoms with Gasteiger partial charge in [0.2, 0.25) is 5.12 Å². The van der Waals surface area contributed by atoms with E-state index in [1.807, 2.05) is 0 Å². The van der Waals surface area contributed by atoms with E-state index < -0.39 is 0 Å². The van der Waals surface area contributed by atoms with E-state index in [0.29, 0.717) is 5.57 Å². The van der Waals surface area contributed by atoms with Gasteiger partial charge in [0, 0.05) is 17.3 Å². The van der Waals surface area contributed by atoms with E-state index in [-0.39, 0.29) is 11.7 Å². The summed E-state index contributed by atoms with van der Waals surface area (Å²) in [6.45, 7) is 5.48. The Morgan fingerprint density at radius 2 is 2.08 bits per heavy atom. The smallest absolute Gasteiger partial charge is 0.214 e. The van der Waals surface area contributed by atoms with Crippen molar-refractivity contribution >= 4 is 28.6 Å². The number of hydrogen-bond acceptors (Lipinski definition) is 4. The number of aliphatic hydroxyl groups is 1. The third-order valence-corrected chi connectivity index (χ3v) is 3.29. The highest BCUT2D eigenvalue weighted by atomic mass is 32.2. The predicted molar refractivity (Wildman–Crippen MR) is 56.7 cm³/mol. The van der Waals surface area contributed by atoms with Crippen molar-refractivity contribution in [1.29, 1.82) is 0 Å². The summed E-state index contributed by atoms with van der Waals surface area (Å²) < 4.78 is 0. The molecule has 0 fully saturated rings. The van der Waals surface area contributed by atoms with Crippen LogP contribution in [0.25, 0.3) is 0 Å². The first kappa shape index (κ1) is 12.1. The fraction of sp³-hybridized carbons (Fsp3) is 0.625. The molecule has 0 amide bonds. The minimum atomic E-state index is 0.0691. The maximum atomic E-state index is 11.0. The fourth-order valence-electron chi connectivity index (χ4n) is 0.483. The Balaban J connectivity index is 3.20. The van der Waals surface area contributed by atoms with Crippen molar-refractivity contribution < 1.29 is 9.90 Å². The maximum Gasteiger partial charge on any atom is 0.214 e. The molecule has 0 aromatic heterocycles. The number of carbonyl (C=O) groups is 1. The third-order valence-electron chi connectivity index (χ3n) is 1.04. The molecule has 0 aromatic carbocycles. The van der Waals surface area contributed by atoms with E-state index in [0.717, 1.165) is 17.3 Å². The zero-order chi connectivity index (χ0) is 9.40. The molecule has 0 radical (unpaired) electrons. The largest absolute Gasteiger partial charge is 0.396 e. The van der Waals surface area contributed by atoms with Gasteiger partial charge in [-0.1, -0.05) is 18.3 Å². The molecule has 0 saturated heterocycles. The van der Waals surface area contributed by atoms with Gasteiger partial charge in [-0.25, -0.2) is 0 Å². The number of thioether (sulfide) groups is 2. The summed E-state index contributed by atoms with van der Waals surface area (Å²) in [4.78, 5) is 11.0. The lowest BCUT2D eigenvalue weighted by Gasteiger charge is -1.98. The van der Waals surface area contributed by atoms with Crippen LogP contribution in [0.3, 0.4) is 0 Å². The lowest BCUT2D eigenvalue weighted by Crippen LogP contribution is -1.96. The highest BCUT2D eigenvalue weighted by Gasteiger charge is 2.01. The standard InChI is InChI=1S/C8H14O2S2/c1-7(2)8(10)12-6-5-11-4-3-9/h9H,1,3-6H2,2H3. The second kappa shape index (κ2) is 7.71. The molecule has 0 spiro atoms. The molecule has 0 aliphatic carbocycles. The molecule has 0 aliphatic heterocycles. The van der Waals surface area contributed by atoms with Crippen LogP contribution in [0, 0.1) is 0 Å². The zero-order valence-electron chi connectivity index (χ0n) is 7.21. The van der Waals surface area contributed by atoms with Crippen molar-refractivity contribution in [2.24, 2.45) is 0 Å². The monoisotopic (exact) mass is 206 g/mol. The zero-order valence-corrected chi connectivity index (χ0v) is 8.84. The van der Waals surface area contributed by atoms with Gasteiger partial charge in [0.05, 0.1) is 6.61 Å². The molecule has 0 aliphatic rings. The van der Waals surface area contributed by atoms with Gasteiger partial charge in [0.15, 0.2) is 0 Å². The minimum absolute atomic E-state index is 0.0691. The first-order valence-electron chi connectivity index (χ1n) is 3.69. The van der Waals surface area contributed by atoms with Crippen LogP contribution in [0.5, 0.6) is 0 Å². The molecule has 0 atom stereocenters. The summed E-state index contributed by atoms with van der Waals surface area (Å²) in [5.41, 5.74) is 0.604. The number of hydrogen-bond donors (Lipinski definition) is 1. The van der Waals surface area contributed by atoms with Gasteiger partial charge >= 0.3 is 0 Å². The van der Waals surface area contributed by atoms with E-state index in [1.54, 1.807) is 18.7 Å². The van der Waals surface area contributed by atoms with Crippen LogP contribution in [-0.4, -0.2) is 34.1 Å². The molecule has 0 bridgehead atoms. The molecular weight excluding hydrogens is 192 g/mol. The molecule has 70 valence electrons. The summed E-state index contributed by atoms with van der Waals surface area (Å²) in [5.74, 6) is 2.46. The highest BCUT2D eigenvalue weighted by Crippen LogP contribution is 2.11. The van der Waals surface area contributed by atoms with Gasteiger partial charge in [-0.05, 0) is 12.5 Å². The fourth-order valence-corrected chi connectivity index (χ4v) is 2.05. The molecule has 0 rings (SSSR count). The van der Waals surface area contributed by atoms with E-state index in [1.165, 1.54) is 11.8 Å². The molecular formula is C8H14O2S2. The average molecular weight is 206 g/mol. The maximum absolute atomic E-state index is 11.0. The van der Waals surface area contributed by atoms with E-state index in [4.69, 9.17) is 5.11 Å². The van der Waals surface area contributed by atoms with Crippen molar-refractivity contribution in [3.63, 3.8) is 0 Å². The lowest BCUT2D eigenvalue weighted by molar-refractivity contribution is -0.107. The average Bonchev–Trinajstić information content (AvgIpc) is 2.03. The van der Waals surface area contributed by atoms with Crippen molar-refractivity contribution in [1.82, 2.24) is 0 Å². The van der Waals surface area contributed by atoms with Gasteiger partial charge in [-0.3, -0.25) is 4.79 Å². The van der Waals surface area contributed by atoms with Gasteiger partial charge in [0.1, 0.15) is 0 Å². The number of rotatable bonds is 6. The van der Waals surface area contributed by atoms with Gasteiger partial charge in [-0.15, -0.1) is 0 Å². The topological polar surface area (TPSA) is 37.3 Å². The summed E-state index contributed by atoms with van der Waals surface area (Å²) in [5, 5.41) is 8.52. The van der Waals surface area contributed by atoms with Crippen molar-refractivity contribution in [3.05, 3.63) is 12.2 Å². The number of aliphatic hydroxyl groups excluding tert-OH is 1. The summed E-state index contributed by atoms with van der Waals surface area (Å²) in [6.07, 6.45) is 0. The van der Waals surface area contributed by atoms with Crippen molar-refractivity contribution in [3.8, 4) is 0 Å². The van der Waals surface area contributed by atoms with Crippen LogP contribution >= 0.6 is 23.5 Å². The first-order valence-corrected chi connectivity index (χ1v) is 5.83. The summed E-state index contributed by atoms with van der Waals surface area (Å²) in [7, 11) is 0. The molecule has 2 nitrogen and oxygen atoms in total. The predicted octanol–water partition coefficient (Wildman–Crippen LogP) is 1.55. The lowest BCUT2D eigenvalue weighted by atomic mass is 10.4. The molecule has 4 heteroatoms. The Morgan fingerprint density at radius 1 is 1.42 bits per heavy atom. The van der Waals surface area contributed by atoms with Crippen LogP contribution in [0.15, 0.2) is 12.2 Å². The molecule has 12 heavy (non-hydrogen) atoms. The van der Waals surface area contributed by atoms with Crippen LogP contribution in [0.2, 0.25) is 0 Å². The van der Waals surface area contributed by atoms with Crippen LogP contribution < -0.4 is 0 Å². The Morgan fingerprint density at radius 3 is 2.58 bits per heavy atom. The SMILES string of the molecule is C=C(C)C(=O)SCCSCCO. The molecule has 1 N–H and O–H groups in total. The van der Waals surface area contributed by atoms with E-state index in [2.05, 4.69) is 6.58 Å². The third kappa shape index (κ3) is 6.76. The van der Waals surface area contributed by atoms with Crippen LogP contribution in [-0.2, 0) is 4.79 Å². The van der Waals surface area contributed by atoms with Crippen LogP contribution in [0.4, 0.5) is 0 Å².